The zero-order valence-electron chi connectivity index (χ0n) is 22.3. The van der Waals surface area contributed by atoms with Gasteiger partial charge in [-0.2, -0.15) is 12.6 Å². The standard InChI is InChI=1S/C24H31NOS.3C2H6/c1-7-12-15-18(6)23-21(16-17-22(27)19(10-4)13-8-2)24(26)25(23)20(11-5)14-9-3;3*1-2/h8-15,21-23,27H,2-7,16-17H2,1H3;3*1-2H3/b15-12-,19-13+,20-14+;;;. The van der Waals surface area contributed by atoms with Crippen molar-refractivity contribution in [1.29, 1.82) is 0 Å². The largest absolute Gasteiger partial charge is 0.304 e. The molecular formula is C30H49NOS. The summed E-state index contributed by atoms with van der Waals surface area (Å²) in [5, 5.41) is 0.0186. The third-order valence-corrected chi connectivity index (χ3v) is 5.18. The van der Waals surface area contributed by atoms with Crippen LogP contribution >= 0.6 is 12.6 Å². The second-order valence-electron chi connectivity index (χ2n) is 6.38. The summed E-state index contributed by atoms with van der Waals surface area (Å²) in [4.78, 5) is 14.6. The molecule has 1 fully saturated rings. The lowest BCUT2D eigenvalue weighted by Gasteiger charge is -2.48. The second kappa shape index (κ2) is 22.9. The molecule has 1 aliphatic heterocycles. The average molecular weight is 472 g/mol. The number of carbonyl (C=O) groups excluding carboxylic acids is 1. The Labute approximate surface area is 211 Å². The Bertz CT molecular complexity index is 696. The molecular weight excluding hydrogens is 422 g/mol. The molecule has 1 rings (SSSR count). The first-order valence-corrected chi connectivity index (χ1v) is 12.7. The van der Waals surface area contributed by atoms with E-state index in [2.05, 4.69) is 58.5 Å². The first-order valence-electron chi connectivity index (χ1n) is 12.2. The van der Waals surface area contributed by atoms with Crippen LogP contribution in [0.5, 0.6) is 0 Å². The summed E-state index contributed by atoms with van der Waals surface area (Å²) in [7, 11) is 0. The molecule has 1 heterocycles. The van der Waals surface area contributed by atoms with Gasteiger partial charge in [-0.05, 0) is 42.6 Å². The first kappa shape index (κ1) is 35.3. The van der Waals surface area contributed by atoms with Crippen LogP contribution in [-0.2, 0) is 4.79 Å². The number of hydrogen-bond donors (Lipinski definition) is 1. The van der Waals surface area contributed by atoms with Crippen LogP contribution in [0.3, 0.4) is 0 Å². The van der Waals surface area contributed by atoms with E-state index in [1.807, 2.05) is 53.7 Å². The lowest BCUT2D eigenvalue weighted by Crippen LogP contribution is -2.60. The number of likely N-dealkylation sites (tertiary alicyclic amines) is 1. The molecule has 1 aliphatic rings. The summed E-state index contributed by atoms with van der Waals surface area (Å²) in [6.45, 7) is 33.4. The van der Waals surface area contributed by atoms with Gasteiger partial charge in [0.2, 0.25) is 5.91 Å². The molecule has 1 saturated heterocycles. The Morgan fingerprint density at radius 1 is 1.00 bits per heavy atom. The fourth-order valence-electron chi connectivity index (χ4n) is 3.23. The quantitative estimate of drug-likeness (QED) is 0.171. The normalized spacial score (nSPS) is 18.2. The third-order valence-electron chi connectivity index (χ3n) is 4.62. The van der Waals surface area contributed by atoms with Gasteiger partial charge in [0.1, 0.15) is 0 Å². The summed E-state index contributed by atoms with van der Waals surface area (Å²) >= 11 is 4.67. The average Bonchev–Trinajstić information content (AvgIpc) is 2.87. The minimum absolute atomic E-state index is 0.0186. The minimum Gasteiger partial charge on any atom is -0.304 e. The SMILES string of the molecule is C=C/C=C(\C=C)C(S)CCC1C(=O)N(/C(C=C)=C/C=C)C1C(=C)/C=C\CC.CC.CC.CC. The zero-order valence-corrected chi connectivity index (χ0v) is 23.2. The van der Waals surface area contributed by atoms with Crippen molar-refractivity contribution in [3.8, 4) is 0 Å². The predicted octanol–water partition coefficient (Wildman–Crippen LogP) is 9.05. The summed E-state index contributed by atoms with van der Waals surface area (Å²) in [5.41, 5.74) is 2.69. The molecule has 2 nitrogen and oxygen atoms in total. The number of nitrogens with zero attached hydrogens (tertiary/aromatic N) is 1. The van der Waals surface area contributed by atoms with Crippen LogP contribution in [-0.4, -0.2) is 22.1 Å². The molecule has 0 aromatic heterocycles. The van der Waals surface area contributed by atoms with Crippen LogP contribution in [0.25, 0.3) is 0 Å². The molecule has 3 atom stereocenters. The van der Waals surface area contributed by atoms with Gasteiger partial charge in [0.15, 0.2) is 0 Å². The highest BCUT2D eigenvalue weighted by Crippen LogP contribution is 2.39. The maximum atomic E-state index is 12.9. The molecule has 0 spiro atoms. The number of allylic oxidation sites excluding steroid dienone is 7. The van der Waals surface area contributed by atoms with E-state index in [4.69, 9.17) is 0 Å². The molecule has 0 aliphatic carbocycles. The maximum absolute atomic E-state index is 12.9. The van der Waals surface area contributed by atoms with E-state index >= 15 is 0 Å². The van der Waals surface area contributed by atoms with Crippen molar-refractivity contribution in [2.24, 2.45) is 5.92 Å². The van der Waals surface area contributed by atoms with Gasteiger partial charge in [-0.3, -0.25) is 4.79 Å². The first-order chi connectivity index (χ1) is 16.0. The van der Waals surface area contributed by atoms with E-state index in [1.165, 1.54) is 0 Å². The van der Waals surface area contributed by atoms with Crippen molar-refractivity contribution < 1.29 is 4.79 Å². The highest BCUT2D eigenvalue weighted by atomic mass is 32.1. The van der Waals surface area contributed by atoms with E-state index in [-0.39, 0.29) is 23.1 Å². The second-order valence-corrected chi connectivity index (χ2v) is 7.00. The fraction of sp³-hybridized carbons (Fsp3) is 0.433. The van der Waals surface area contributed by atoms with Gasteiger partial charge in [0.25, 0.3) is 0 Å². The van der Waals surface area contributed by atoms with Crippen LogP contribution in [0, 0.1) is 5.92 Å². The van der Waals surface area contributed by atoms with Gasteiger partial charge in [-0.1, -0.05) is 118 Å². The number of amides is 1. The van der Waals surface area contributed by atoms with Gasteiger partial charge >= 0.3 is 0 Å². The summed E-state index contributed by atoms with van der Waals surface area (Å²) in [6.07, 6.45) is 17.1. The van der Waals surface area contributed by atoms with E-state index in [0.717, 1.165) is 36.1 Å². The van der Waals surface area contributed by atoms with E-state index in [1.54, 1.807) is 35.3 Å². The molecule has 186 valence electrons. The minimum atomic E-state index is -0.114. The highest BCUT2D eigenvalue weighted by Gasteiger charge is 2.48. The van der Waals surface area contributed by atoms with Gasteiger partial charge in [-0.25, -0.2) is 0 Å². The molecule has 3 heteroatoms. The molecule has 33 heavy (non-hydrogen) atoms. The van der Waals surface area contributed by atoms with Gasteiger partial charge in [0, 0.05) is 10.9 Å². The molecule has 0 bridgehead atoms. The highest BCUT2D eigenvalue weighted by molar-refractivity contribution is 7.81. The zero-order chi connectivity index (χ0) is 26.4. The summed E-state index contributed by atoms with van der Waals surface area (Å²) in [5.74, 6) is -0.0240. The van der Waals surface area contributed by atoms with Gasteiger partial charge in [0.05, 0.1) is 12.0 Å². The predicted molar refractivity (Wildman–Crippen MR) is 156 cm³/mol. The van der Waals surface area contributed by atoms with Crippen LogP contribution in [0.15, 0.2) is 98.3 Å². The van der Waals surface area contributed by atoms with Crippen molar-refractivity contribution >= 4 is 18.5 Å². The Morgan fingerprint density at radius 3 is 1.97 bits per heavy atom. The topological polar surface area (TPSA) is 20.3 Å². The molecule has 0 aromatic rings. The van der Waals surface area contributed by atoms with E-state index in [0.29, 0.717) is 0 Å². The van der Waals surface area contributed by atoms with Crippen molar-refractivity contribution in [3.05, 3.63) is 98.3 Å². The van der Waals surface area contributed by atoms with Crippen molar-refractivity contribution in [2.45, 2.75) is 79.0 Å². The van der Waals surface area contributed by atoms with E-state index < -0.39 is 0 Å². The molecule has 3 unspecified atom stereocenters. The maximum Gasteiger partial charge on any atom is 0.233 e. The fourth-order valence-corrected chi connectivity index (χ4v) is 3.57. The number of thiol groups is 1. The molecule has 0 N–H and O–H groups in total. The van der Waals surface area contributed by atoms with Crippen molar-refractivity contribution in [3.63, 3.8) is 0 Å². The Hall–Kier alpha value is -2.26. The van der Waals surface area contributed by atoms with Crippen molar-refractivity contribution in [1.82, 2.24) is 4.90 Å². The summed E-state index contributed by atoms with van der Waals surface area (Å²) < 4.78 is 0. The molecule has 1 amide bonds. The molecule has 0 radical (unpaired) electrons. The van der Waals surface area contributed by atoms with Crippen LogP contribution in [0.4, 0.5) is 0 Å². The van der Waals surface area contributed by atoms with Crippen LogP contribution < -0.4 is 0 Å². The molecule has 0 aromatic carbocycles. The number of hydrogen-bond acceptors (Lipinski definition) is 2. The number of rotatable bonds is 12. The number of carbonyl (C=O) groups is 1. The molecule has 0 saturated carbocycles. The Balaban J connectivity index is -0.00000138. The summed E-state index contributed by atoms with van der Waals surface area (Å²) in [6, 6.07) is -0.0689. The lowest BCUT2D eigenvalue weighted by molar-refractivity contribution is -0.149. The number of β-lactam (4-membered cyclic amide) rings is 1. The smallest absolute Gasteiger partial charge is 0.233 e. The Kier molecular flexibility index (Phi) is 24.5. The van der Waals surface area contributed by atoms with Gasteiger partial charge in [-0.15, -0.1) is 0 Å². The third kappa shape index (κ3) is 11.4. The monoisotopic (exact) mass is 471 g/mol. The van der Waals surface area contributed by atoms with E-state index in [9.17, 15) is 4.79 Å². The lowest BCUT2D eigenvalue weighted by atomic mass is 9.78. The van der Waals surface area contributed by atoms with Gasteiger partial charge < -0.3 is 4.90 Å². The Morgan fingerprint density at radius 2 is 1.55 bits per heavy atom. The van der Waals surface area contributed by atoms with Crippen LogP contribution in [0.2, 0.25) is 0 Å². The van der Waals surface area contributed by atoms with Crippen molar-refractivity contribution in [2.75, 3.05) is 0 Å². The van der Waals surface area contributed by atoms with Crippen LogP contribution in [0.1, 0.15) is 67.7 Å².